The number of guanidine groups is 1. The Kier molecular flexibility index (Phi) is 11.1. The van der Waals surface area contributed by atoms with Gasteiger partial charge in [0.15, 0.2) is 5.96 Å². The van der Waals surface area contributed by atoms with Crippen LogP contribution in [0.25, 0.3) is 0 Å². The first kappa shape index (κ1) is 25.4. The van der Waals surface area contributed by atoms with Crippen LogP contribution in [-0.4, -0.2) is 61.9 Å². The van der Waals surface area contributed by atoms with E-state index in [9.17, 15) is 9.59 Å². The van der Waals surface area contributed by atoms with Gasteiger partial charge in [0.25, 0.3) is 0 Å². The lowest BCUT2D eigenvalue weighted by atomic mass is 10.0. The van der Waals surface area contributed by atoms with Crippen molar-refractivity contribution in [3.05, 3.63) is 29.8 Å². The molecular formula is C23H36IN5O2. The maximum absolute atomic E-state index is 12.8. The van der Waals surface area contributed by atoms with Crippen molar-refractivity contribution in [2.75, 3.05) is 44.2 Å². The summed E-state index contributed by atoms with van der Waals surface area (Å²) >= 11 is 0. The van der Waals surface area contributed by atoms with Crippen molar-refractivity contribution in [1.29, 1.82) is 0 Å². The highest BCUT2D eigenvalue weighted by atomic mass is 127. The summed E-state index contributed by atoms with van der Waals surface area (Å²) in [5, 5.41) is 6.50. The number of para-hydroxylation sites is 1. The van der Waals surface area contributed by atoms with Gasteiger partial charge in [-0.15, -0.1) is 24.0 Å². The molecule has 0 bridgehead atoms. The molecule has 1 fully saturated rings. The summed E-state index contributed by atoms with van der Waals surface area (Å²) in [5.74, 6) is 0.952. The highest BCUT2D eigenvalue weighted by Crippen LogP contribution is 2.26. The molecule has 172 valence electrons. The largest absolute Gasteiger partial charge is 0.357 e. The topological polar surface area (TPSA) is 77.0 Å². The summed E-state index contributed by atoms with van der Waals surface area (Å²) in [7, 11) is 0. The molecule has 0 unspecified atom stereocenters. The smallest absolute Gasteiger partial charge is 0.248 e. The number of halogens is 1. The number of fused-ring (bicyclic) bond motifs is 1. The molecular weight excluding hydrogens is 505 g/mol. The summed E-state index contributed by atoms with van der Waals surface area (Å²) in [6.07, 6.45) is 6.81. The Bertz CT molecular complexity index is 755. The highest BCUT2D eigenvalue weighted by molar-refractivity contribution is 14.0. The number of likely N-dealkylation sites (tertiary alicyclic amines) is 1. The Morgan fingerprint density at radius 3 is 2.74 bits per heavy atom. The van der Waals surface area contributed by atoms with Crippen LogP contribution in [0.1, 0.15) is 51.0 Å². The normalized spacial score (nSPS) is 16.8. The molecule has 2 N–H and O–H groups in total. The van der Waals surface area contributed by atoms with Crippen molar-refractivity contribution in [3.8, 4) is 0 Å². The third-order valence-electron chi connectivity index (χ3n) is 5.70. The zero-order valence-electron chi connectivity index (χ0n) is 18.6. The van der Waals surface area contributed by atoms with E-state index in [1.807, 2.05) is 34.9 Å². The fraction of sp³-hybridized carbons (Fsp3) is 0.609. The van der Waals surface area contributed by atoms with Crippen LogP contribution in [0.4, 0.5) is 5.69 Å². The molecule has 2 amide bonds. The van der Waals surface area contributed by atoms with Crippen molar-refractivity contribution >= 4 is 47.4 Å². The van der Waals surface area contributed by atoms with E-state index in [2.05, 4.69) is 21.7 Å². The van der Waals surface area contributed by atoms with E-state index in [1.165, 1.54) is 5.56 Å². The molecule has 2 aliphatic heterocycles. The lowest BCUT2D eigenvalue weighted by Gasteiger charge is -2.29. The monoisotopic (exact) mass is 541 g/mol. The number of aliphatic imine (C=N–C) groups is 1. The quantitative estimate of drug-likeness (QED) is 0.241. The van der Waals surface area contributed by atoms with Crippen molar-refractivity contribution in [1.82, 2.24) is 15.5 Å². The number of benzene rings is 1. The SMILES string of the molecule is CCNC(=NCC(=O)N1CCCc2ccccc21)NCCCN1CCCCCC1=O.I. The van der Waals surface area contributed by atoms with Gasteiger partial charge in [0, 0.05) is 44.8 Å². The Hall–Kier alpha value is -1.84. The zero-order valence-corrected chi connectivity index (χ0v) is 20.9. The van der Waals surface area contributed by atoms with Crippen LogP contribution < -0.4 is 15.5 Å². The van der Waals surface area contributed by atoms with E-state index in [0.717, 1.165) is 76.9 Å². The van der Waals surface area contributed by atoms with Crippen LogP contribution in [-0.2, 0) is 16.0 Å². The molecule has 1 aromatic rings. The number of rotatable bonds is 7. The summed E-state index contributed by atoms with van der Waals surface area (Å²) in [6, 6.07) is 8.12. The molecule has 1 aromatic carbocycles. The molecule has 0 aromatic heterocycles. The first-order valence-electron chi connectivity index (χ1n) is 11.4. The van der Waals surface area contributed by atoms with Crippen LogP contribution in [0.15, 0.2) is 29.3 Å². The maximum Gasteiger partial charge on any atom is 0.248 e. The van der Waals surface area contributed by atoms with E-state index >= 15 is 0 Å². The minimum atomic E-state index is 0. The molecule has 1 saturated heterocycles. The van der Waals surface area contributed by atoms with Crippen LogP contribution in [0.3, 0.4) is 0 Å². The Balaban J connectivity index is 0.00000341. The Morgan fingerprint density at radius 2 is 1.90 bits per heavy atom. The molecule has 7 nitrogen and oxygen atoms in total. The van der Waals surface area contributed by atoms with Gasteiger partial charge >= 0.3 is 0 Å². The van der Waals surface area contributed by atoms with Crippen LogP contribution in [0.5, 0.6) is 0 Å². The number of carbonyl (C=O) groups is 2. The van der Waals surface area contributed by atoms with Gasteiger partial charge in [-0.3, -0.25) is 9.59 Å². The van der Waals surface area contributed by atoms with E-state index < -0.39 is 0 Å². The first-order chi connectivity index (χ1) is 14.7. The van der Waals surface area contributed by atoms with Gasteiger partial charge in [-0.2, -0.15) is 0 Å². The summed E-state index contributed by atoms with van der Waals surface area (Å²) in [5.41, 5.74) is 2.25. The lowest BCUT2D eigenvalue weighted by Crippen LogP contribution is -2.41. The van der Waals surface area contributed by atoms with Crippen molar-refractivity contribution in [2.45, 2.75) is 51.9 Å². The summed E-state index contributed by atoms with van der Waals surface area (Å²) < 4.78 is 0. The fourth-order valence-corrected chi connectivity index (χ4v) is 4.12. The second kappa shape index (κ2) is 13.5. The number of anilines is 1. The van der Waals surface area contributed by atoms with Gasteiger partial charge in [-0.1, -0.05) is 24.6 Å². The standard InChI is InChI=1S/C23H35N5O2.HI/c1-2-24-23(25-14-9-16-27-15-7-3-4-13-21(27)29)26-18-22(30)28-17-8-11-19-10-5-6-12-20(19)28;/h5-6,10,12H,2-4,7-9,11,13-18H2,1H3,(H2,24,25,26);1H. The average molecular weight is 541 g/mol. The molecule has 2 heterocycles. The Morgan fingerprint density at radius 1 is 1.06 bits per heavy atom. The molecule has 0 aliphatic carbocycles. The van der Waals surface area contributed by atoms with Crippen LogP contribution in [0.2, 0.25) is 0 Å². The molecule has 0 atom stereocenters. The zero-order chi connectivity index (χ0) is 21.2. The van der Waals surface area contributed by atoms with Crippen LogP contribution >= 0.6 is 24.0 Å². The predicted molar refractivity (Wildman–Crippen MR) is 136 cm³/mol. The minimum Gasteiger partial charge on any atom is -0.357 e. The van der Waals surface area contributed by atoms with Gasteiger partial charge in [0.1, 0.15) is 6.54 Å². The Labute approximate surface area is 203 Å². The second-order valence-corrected chi connectivity index (χ2v) is 7.94. The summed E-state index contributed by atoms with van der Waals surface area (Å²) in [6.45, 7) is 5.98. The van der Waals surface area contributed by atoms with Gasteiger partial charge in [0.05, 0.1) is 0 Å². The number of nitrogens with zero attached hydrogens (tertiary/aromatic N) is 3. The third kappa shape index (κ3) is 7.66. The molecule has 31 heavy (non-hydrogen) atoms. The molecule has 0 radical (unpaired) electrons. The maximum atomic E-state index is 12.8. The second-order valence-electron chi connectivity index (χ2n) is 7.94. The van der Waals surface area contributed by atoms with Gasteiger partial charge in [0.2, 0.25) is 11.8 Å². The van der Waals surface area contributed by atoms with E-state index in [1.54, 1.807) is 0 Å². The lowest BCUT2D eigenvalue weighted by molar-refractivity contribution is -0.130. The highest BCUT2D eigenvalue weighted by Gasteiger charge is 2.21. The fourth-order valence-electron chi connectivity index (χ4n) is 4.12. The predicted octanol–water partition coefficient (Wildman–Crippen LogP) is 2.93. The number of aryl methyl sites for hydroxylation is 1. The molecule has 3 rings (SSSR count). The molecule has 0 saturated carbocycles. The third-order valence-corrected chi connectivity index (χ3v) is 5.70. The van der Waals surface area contributed by atoms with Gasteiger partial charge < -0.3 is 20.4 Å². The van der Waals surface area contributed by atoms with Crippen molar-refractivity contribution < 1.29 is 9.59 Å². The van der Waals surface area contributed by atoms with Crippen molar-refractivity contribution in [3.63, 3.8) is 0 Å². The van der Waals surface area contributed by atoms with E-state index in [4.69, 9.17) is 0 Å². The number of hydrogen-bond donors (Lipinski definition) is 2. The average Bonchev–Trinajstić information content (AvgIpc) is 2.98. The number of hydrogen-bond acceptors (Lipinski definition) is 3. The molecule has 0 spiro atoms. The van der Waals surface area contributed by atoms with Crippen molar-refractivity contribution in [2.24, 2.45) is 4.99 Å². The van der Waals surface area contributed by atoms with E-state index in [0.29, 0.717) is 12.4 Å². The van der Waals surface area contributed by atoms with Gasteiger partial charge in [-0.25, -0.2) is 4.99 Å². The van der Waals surface area contributed by atoms with Crippen LogP contribution in [0, 0.1) is 0 Å². The molecule has 8 heteroatoms. The number of amides is 2. The first-order valence-corrected chi connectivity index (χ1v) is 11.4. The summed E-state index contributed by atoms with van der Waals surface area (Å²) in [4.78, 5) is 33.2. The molecule has 2 aliphatic rings. The number of nitrogens with one attached hydrogen (secondary N) is 2. The van der Waals surface area contributed by atoms with Gasteiger partial charge in [-0.05, 0) is 50.7 Å². The number of carbonyl (C=O) groups excluding carboxylic acids is 2. The van der Waals surface area contributed by atoms with E-state index in [-0.39, 0.29) is 42.3 Å². The minimum absolute atomic E-state index is 0.